The summed E-state index contributed by atoms with van der Waals surface area (Å²) < 4.78 is 0. The SMILES string of the molecule is CCCC(O)(Cc1cccc(Cl)c1)c1ccccc1. The van der Waals surface area contributed by atoms with Crippen molar-refractivity contribution in [1.82, 2.24) is 0 Å². The van der Waals surface area contributed by atoms with E-state index in [1.807, 2.05) is 54.6 Å². The third-order valence-corrected chi connectivity index (χ3v) is 3.60. The number of hydrogen-bond acceptors (Lipinski definition) is 1. The minimum atomic E-state index is -0.819. The molecule has 1 unspecified atom stereocenters. The molecule has 0 radical (unpaired) electrons. The Morgan fingerprint density at radius 1 is 1.05 bits per heavy atom. The highest BCUT2D eigenvalue weighted by molar-refractivity contribution is 6.30. The van der Waals surface area contributed by atoms with Crippen molar-refractivity contribution in [2.75, 3.05) is 0 Å². The largest absolute Gasteiger partial charge is 0.385 e. The summed E-state index contributed by atoms with van der Waals surface area (Å²) in [4.78, 5) is 0. The molecule has 2 heteroatoms. The van der Waals surface area contributed by atoms with Gasteiger partial charge in [0.15, 0.2) is 0 Å². The monoisotopic (exact) mass is 274 g/mol. The van der Waals surface area contributed by atoms with E-state index in [0.29, 0.717) is 11.4 Å². The first kappa shape index (κ1) is 14.1. The van der Waals surface area contributed by atoms with Crippen LogP contribution in [-0.4, -0.2) is 5.11 Å². The lowest BCUT2D eigenvalue weighted by molar-refractivity contribution is 0.0269. The molecule has 1 N–H and O–H groups in total. The molecular formula is C17H19ClO. The first-order valence-corrected chi connectivity index (χ1v) is 7.04. The van der Waals surface area contributed by atoms with Crippen molar-refractivity contribution in [2.45, 2.75) is 31.8 Å². The van der Waals surface area contributed by atoms with E-state index in [-0.39, 0.29) is 0 Å². The molecule has 0 spiro atoms. The summed E-state index contributed by atoms with van der Waals surface area (Å²) in [5.74, 6) is 0. The van der Waals surface area contributed by atoms with Crippen LogP contribution in [0.15, 0.2) is 54.6 Å². The normalized spacial score (nSPS) is 14.1. The predicted molar refractivity (Wildman–Crippen MR) is 80.4 cm³/mol. The number of halogens is 1. The van der Waals surface area contributed by atoms with Gasteiger partial charge in [0.25, 0.3) is 0 Å². The Hall–Kier alpha value is -1.31. The van der Waals surface area contributed by atoms with Gasteiger partial charge in [-0.25, -0.2) is 0 Å². The van der Waals surface area contributed by atoms with Gasteiger partial charge in [0.2, 0.25) is 0 Å². The molecule has 0 saturated carbocycles. The lowest BCUT2D eigenvalue weighted by Gasteiger charge is -2.28. The number of benzene rings is 2. The fourth-order valence-electron chi connectivity index (χ4n) is 2.48. The highest BCUT2D eigenvalue weighted by Gasteiger charge is 2.28. The smallest absolute Gasteiger partial charge is 0.0936 e. The second-order valence-corrected chi connectivity index (χ2v) is 5.39. The maximum absolute atomic E-state index is 11.0. The van der Waals surface area contributed by atoms with Crippen LogP contribution < -0.4 is 0 Å². The summed E-state index contributed by atoms with van der Waals surface area (Å²) in [6, 6.07) is 17.6. The van der Waals surface area contributed by atoms with Crippen molar-refractivity contribution < 1.29 is 5.11 Å². The Morgan fingerprint density at radius 2 is 1.79 bits per heavy atom. The fraction of sp³-hybridized carbons (Fsp3) is 0.294. The van der Waals surface area contributed by atoms with E-state index in [0.717, 1.165) is 24.0 Å². The van der Waals surface area contributed by atoms with Crippen LogP contribution in [0.2, 0.25) is 5.02 Å². The summed E-state index contributed by atoms with van der Waals surface area (Å²) in [6.45, 7) is 2.09. The van der Waals surface area contributed by atoms with Gasteiger partial charge in [0.1, 0.15) is 0 Å². The van der Waals surface area contributed by atoms with Gasteiger partial charge < -0.3 is 5.11 Å². The average molecular weight is 275 g/mol. The summed E-state index contributed by atoms with van der Waals surface area (Å²) in [5.41, 5.74) is 1.21. The van der Waals surface area contributed by atoms with Gasteiger partial charge in [-0.3, -0.25) is 0 Å². The molecule has 0 heterocycles. The average Bonchev–Trinajstić information content (AvgIpc) is 2.40. The van der Waals surface area contributed by atoms with Crippen LogP contribution in [0.4, 0.5) is 0 Å². The van der Waals surface area contributed by atoms with Crippen molar-refractivity contribution in [2.24, 2.45) is 0 Å². The molecule has 100 valence electrons. The Morgan fingerprint density at radius 3 is 2.42 bits per heavy atom. The second kappa shape index (κ2) is 6.23. The molecule has 0 aliphatic carbocycles. The van der Waals surface area contributed by atoms with Crippen molar-refractivity contribution in [3.8, 4) is 0 Å². The highest BCUT2D eigenvalue weighted by atomic mass is 35.5. The molecule has 0 aromatic heterocycles. The zero-order valence-electron chi connectivity index (χ0n) is 11.1. The number of rotatable bonds is 5. The van der Waals surface area contributed by atoms with Gasteiger partial charge in [-0.15, -0.1) is 0 Å². The molecule has 19 heavy (non-hydrogen) atoms. The van der Waals surface area contributed by atoms with Crippen LogP contribution in [0.1, 0.15) is 30.9 Å². The zero-order valence-corrected chi connectivity index (χ0v) is 11.9. The van der Waals surface area contributed by atoms with Crippen LogP contribution >= 0.6 is 11.6 Å². The Bertz CT molecular complexity index is 524. The fourth-order valence-corrected chi connectivity index (χ4v) is 2.69. The van der Waals surface area contributed by atoms with Crippen LogP contribution in [0.25, 0.3) is 0 Å². The molecule has 0 saturated heterocycles. The van der Waals surface area contributed by atoms with Gasteiger partial charge >= 0.3 is 0 Å². The second-order valence-electron chi connectivity index (χ2n) is 4.95. The van der Waals surface area contributed by atoms with Gasteiger partial charge in [0, 0.05) is 11.4 Å². The van der Waals surface area contributed by atoms with Crippen molar-refractivity contribution in [3.63, 3.8) is 0 Å². The third-order valence-electron chi connectivity index (χ3n) is 3.36. The van der Waals surface area contributed by atoms with E-state index in [2.05, 4.69) is 6.92 Å². The Balaban J connectivity index is 2.30. The molecule has 1 nitrogen and oxygen atoms in total. The number of aliphatic hydroxyl groups is 1. The maximum atomic E-state index is 11.0. The van der Waals surface area contributed by atoms with E-state index in [4.69, 9.17) is 11.6 Å². The Labute approximate surface area is 119 Å². The zero-order chi connectivity index (χ0) is 13.7. The first-order valence-electron chi connectivity index (χ1n) is 6.66. The first-order chi connectivity index (χ1) is 9.14. The van der Waals surface area contributed by atoms with Gasteiger partial charge in [-0.2, -0.15) is 0 Å². The summed E-state index contributed by atoms with van der Waals surface area (Å²) >= 11 is 6.02. The highest BCUT2D eigenvalue weighted by Crippen LogP contribution is 2.31. The van der Waals surface area contributed by atoms with Gasteiger partial charge in [0.05, 0.1) is 5.60 Å². The van der Waals surface area contributed by atoms with Crippen molar-refractivity contribution in [1.29, 1.82) is 0 Å². The number of hydrogen-bond donors (Lipinski definition) is 1. The van der Waals surface area contributed by atoms with E-state index < -0.39 is 5.60 Å². The molecule has 2 aromatic rings. The predicted octanol–water partition coefficient (Wildman–Crippen LogP) is 4.57. The van der Waals surface area contributed by atoms with Gasteiger partial charge in [-0.1, -0.05) is 67.4 Å². The van der Waals surface area contributed by atoms with E-state index in [1.54, 1.807) is 0 Å². The van der Waals surface area contributed by atoms with Gasteiger partial charge in [-0.05, 0) is 29.7 Å². The third kappa shape index (κ3) is 3.59. The lowest BCUT2D eigenvalue weighted by Crippen LogP contribution is -2.28. The molecule has 0 aliphatic heterocycles. The van der Waals surface area contributed by atoms with Crippen LogP contribution in [-0.2, 0) is 12.0 Å². The van der Waals surface area contributed by atoms with Crippen LogP contribution in [0, 0.1) is 0 Å². The molecule has 2 aromatic carbocycles. The van der Waals surface area contributed by atoms with E-state index >= 15 is 0 Å². The molecule has 0 amide bonds. The van der Waals surface area contributed by atoms with E-state index in [9.17, 15) is 5.11 Å². The van der Waals surface area contributed by atoms with Crippen molar-refractivity contribution in [3.05, 3.63) is 70.7 Å². The minimum absolute atomic E-state index is 0.589. The lowest BCUT2D eigenvalue weighted by atomic mass is 9.84. The topological polar surface area (TPSA) is 20.2 Å². The van der Waals surface area contributed by atoms with Crippen LogP contribution in [0.3, 0.4) is 0 Å². The standard InChI is InChI=1S/C17H19ClO/c1-2-11-17(19,15-8-4-3-5-9-15)13-14-7-6-10-16(18)12-14/h3-10,12,19H,2,11,13H2,1H3. The molecular weight excluding hydrogens is 256 g/mol. The molecule has 2 rings (SSSR count). The summed E-state index contributed by atoms with van der Waals surface area (Å²) in [5, 5.41) is 11.7. The molecule has 0 fully saturated rings. The van der Waals surface area contributed by atoms with E-state index in [1.165, 1.54) is 0 Å². The van der Waals surface area contributed by atoms with Crippen molar-refractivity contribution >= 4 is 11.6 Å². The molecule has 0 bridgehead atoms. The van der Waals surface area contributed by atoms with Crippen LogP contribution in [0.5, 0.6) is 0 Å². The maximum Gasteiger partial charge on any atom is 0.0936 e. The summed E-state index contributed by atoms with van der Waals surface area (Å²) in [7, 11) is 0. The quantitative estimate of drug-likeness (QED) is 0.847. The summed E-state index contributed by atoms with van der Waals surface area (Å²) in [6.07, 6.45) is 2.26. The minimum Gasteiger partial charge on any atom is -0.385 e. The Kier molecular flexibility index (Phi) is 4.62. The molecule has 0 aliphatic rings. The molecule has 1 atom stereocenters.